The maximum absolute atomic E-state index is 12.5. The fourth-order valence-electron chi connectivity index (χ4n) is 2.08. The SMILES string of the molecule is C#Cc1cccc(NC(=O)c2sc(-c3ccccn3)nc2C)c1. The van der Waals surface area contributed by atoms with Crippen LogP contribution >= 0.6 is 11.3 Å². The Kier molecular flexibility index (Phi) is 4.18. The number of thiazole rings is 1. The van der Waals surface area contributed by atoms with Crippen LogP contribution in [0.3, 0.4) is 0 Å². The van der Waals surface area contributed by atoms with Gasteiger partial charge in [0.25, 0.3) is 5.91 Å². The maximum atomic E-state index is 12.5. The third kappa shape index (κ3) is 3.28. The number of aryl methyl sites for hydroxylation is 1. The molecular weight excluding hydrogens is 306 g/mol. The molecule has 4 nitrogen and oxygen atoms in total. The van der Waals surface area contributed by atoms with Crippen molar-refractivity contribution in [2.75, 3.05) is 5.32 Å². The summed E-state index contributed by atoms with van der Waals surface area (Å²) in [7, 11) is 0. The highest BCUT2D eigenvalue weighted by molar-refractivity contribution is 7.17. The average molecular weight is 319 g/mol. The van der Waals surface area contributed by atoms with Crippen LogP contribution in [0.2, 0.25) is 0 Å². The van der Waals surface area contributed by atoms with E-state index in [1.807, 2.05) is 37.3 Å². The van der Waals surface area contributed by atoms with Crippen molar-refractivity contribution in [3.05, 3.63) is 64.8 Å². The van der Waals surface area contributed by atoms with Gasteiger partial charge in [0.1, 0.15) is 9.88 Å². The molecule has 23 heavy (non-hydrogen) atoms. The van der Waals surface area contributed by atoms with E-state index < -0.39 is 0 Å². The van der Waals surface area contributed by atoms with Crippen molar-refractivity contribution in [1.82, 2.24) is 9.97 Å². The number of amides is 1. The Morgan fingerprint density at radius 1 is 1.26 bits per heavy atom. The van der Waals surface area contributed by atoms with Gasteiger partial charge in [-0.15, -0.1) is 17.8 Å². The standard InChI is InChI=1S/C18H13N3OS/c1-3-13-7-6-8-14(11-13)21-17(22)16-12(2)20-18(23-16)15-9-4-5-10-19-15/h1,4-11H,2H3,(H,21,22). The largest absolute Gasteiger partial charge is 0.321 e. The summed E-state index contributed by atoms with van der Waals surface area (Å²) in [6.45, 7) is 1.82. The first-order valence-corrected chi connectivity index (χ1v) is 7.76. The van der Waals surface area contributed by atoms with Gasteiger partial charge in [-0.25, -0.2) is 4.98 Å². The van der Waals surface area contributed by atoms with E-state index in [1.165, 1.54) is 11.3 Å². The van der Waals surface area contributed by atoms with Gasteiger partial charge < -0.3 is 5.32 Å². The number of aromatic nitrogens is 2. The predicted molar refractivity (Wildman–Crippen MR) is 92.4 cm³/mol. The highest BCUT2D eigenvalue weighted by atomic mass is 32.1. The number of terminal acetylenes is 1. The van der Waals surface area contributed by atoms with Gasteiger partial charge in [-0.05, 0) is 37.3 Å². The molecule has 5 heteroatoms. The van der Waals surface area contributed by atoms with Gasteiger partial charge in [-0.2, -0.15) is 0 Å². The van der Waals surface area contributed by atoms with Gasteiger partial charge in [-0.3, -0.25) is 9.78 Å². The molecule has 0 fully saturated rings. The Morgan fingerprint density at radius 2 is 2.13 bits per heavy atom. The summed E-state index contributed by atoms with van der Waals surface area (Å²) in [5, 5.41) is 3.58. The fraction of sp³-hybridized carbons (Fsp3) is 0.0556. The van der Waals surface area contributed by atoms with E-state index in [0.717, 1.165) is 16.3 Å². The molecular formula is C18H13N3OS. The van der Waals surface area contributed by atoms with Crippen LogP contribution in [0.5, 0.6) is 0 Å². The number of nitrogens with one attached hydrogen (secondary N) is 1. The second-order valence-electron chi connectivity index (χ2n) is 4.83. The van der Waals surface area contributed by atoms with Gasteiger partial charge in [0.05, 0.1) is 11.4 Å². The molecule has 0 spiro atoms. The monoisotopic (exact) mass is 319 g/mol. The summed E-state index contributed by atoms with van der Waals surface area (Å²) in [4.78, 5) is 21.7. The second-order valence-corrected chi connectivity index (χ2v) is 5.83. The molecule has 0 aliphatic heterocycles. The lowest BCUT2D eigenvalue weighted by molar-refractivity contribution is 0.103. The molecule has 0 aliphatic carbocycles. The van der Waals surface area contributed by atoms with Gasteiger partial charge >= 0.3 is 0 Å². The number of hydrogen-bond acceptors (Lipinski definition) is 4. The van der Waals surface area contributed by atoms with Crippen LogP contribution in [0.1, 0.15) is 20.9 Å². The van der Waals surface area contributed by atoms with Gasteiger partial charge in [0, 0.05) is 17.4 Å². The topological polar surface area (TPSA) is 54.9 Å². The van der Waals surface area contributed by atoms with Crippen LogP contribution in [0.25, 0.3) is 10.7 Å². The first-order chi connectivity index (χ1) is 11.2. The molecule has 0 atom stereocenters. The molecule has 0 aliphatic rings. The lowest BCUT2D eigenvalue weighted by Gasteiger charge is -2.04. The Morgan fingerprint density at radius 3 is 2.87 bits per heavy atom. The first kappa shape index (κ1) is 14.9. The summed E-state index contributed by atoms with van der Waals surface area (Å²) in [5.41, 5.74) is 2.82. The van der Waals surface area contributed by atoms with Crippen molar-refractivity contribution in [2.45, 2.75) is 6.92 Å². The van der Waals surface area contributed by atoms with E-state index in [4.69, 9.17) is 6.42 Å². The number of rotatable bonds is 3. The van der Waals surface area contributed by atoms with Crippen LogP contribution in [-0.2, 0) is 0 Å². The Balaban J connectivity index is 1.85. The predicted octanol–water partition coefficient (Wildman–Crippen LogP) is 3.75. The van der Waals surface area contributed by atoms with E-state index in [-0.39, 0.29) is 5.91 Å². The molecule has 1 aromatic carbocycles. The van der Waals surface area contributed by atoms with Gasteiger partial charge in [0.2, 0.25) is 0 Å². The number of carbonyl (C=O) groups is 1. The van der Waals surface area contributed by atoms with E-state index in [2.05, 4.69) is 21.2 Å². The Labute approximate surface area is 138 Å². The molecule has 2 heterocycles. The Hall–Kier alpha value is -2.97. The zero-order valence-corrected chi connectivity index (χ0v) is 13.2. The zero-order valence-electron chi connectivity index (χ0n) is 12.4. The minimum Gasteiger partial charge on any atom is -0.321 e. The number of hydrogen-bond donors (Lipinski definition) is 1. The van der Waals surface area contributed by atoms with Crippen molar-refractivity contribution in [1.29, 1.82) is 0 Å². The molecule has 0 radical (unpaired) electrons. The van der Waals surface area contributed by atoms with Crippen LogP contribution in [0, 0.1) is 19.3 Å². The number of benzene rings is 1. The Bertz CT molecular complexity index is 894. The van der Waals surface area contributed by atoms with Crippen molar-refractivity contribution in [3.63, 3.8) is 0 Å². The van der Waals surface area contributed by atoms with Crippen molar-refractivity contribution in [2.24, 2.45) is 0 Å². The number of carbonyl (C=O) groups excluding carboxylic acids is 1. The lowest BCUT2D eigenvalue weighted by atomic mass is 10.2. The minimum atomic E-state index is -0.198. The van der Waals surface area contributed by atoms with E-state index in [9.17, 15) is 4.79 Å². The molecule has 3 aromatic rings. The molecule has 1 amide bonds. The number of pyridine rings is 1. The smallest absolute Gasteiger partial charge is 0.267 e. The van der Waals surface area contributed by atoms with Crippen LogP contribution in [0.4, 0.5) is 5.69 Å². The summed E-state index contributed by atoms with van der Waals surface area (Å²) in [6.07, 6.45) is 7.08. The molecule has 1 N–H and O–H groups in total. The van der Waals surface area contributed by atoms with Gasteiger partial charge in [0.15, 0.2) is 0 Å². The van der Waals surface area contributed by atoms with Crippen molar-refractivity contribution in [3.8, 4) is 23.0 Å². The molecule has 2 aromatic heterocycles. The highest BCUT2D eigenvalue weighted by Gasteiger charge is 2.16. The third-order valence-corrected chi connectivity index (χ3v) is 4.35. The molecule has 112 valence electrons. The van der Waals surface area contributed by atoms with E-state index in [1.54, 1.807) is 18.3 Å². The first-order valence-electron chi connectivity index (χ1n) is 6.94. The quantitative estimate of drug-likeness (QED) is 0.748. The highest BCUT2D eigenvalue weighted by Crippen LogP contribution is 2.27. The van der Waals surface area contributed by atoms with E-state index in [0.29, 0.717) is 16.3 Å². The molecule has 0 saturated carbocycles. The molecule has 0 saturated heterocycles. The molecule has 3 rings (SSSR count). The zero-order chi connectivity index (χ0) is 16.2. The lowest BCUT2D eigenvalue weighted by Crippen LogP contribution is -2.11. The maximum Gasteiger partial charge on any atom is 0.267 e. The second kappa shape index (κ2) is 6.42. The summed E-state index contributed by atoms with van der Waals surface area (Å²) >= 11 is 1.32. The summed E-state index contributed by atoms with van der Waals surface area (Å²) < 4.78 is 0. The van der Waals surface area contributed by atoms with Crippen molar-refractivity contribution >= 4 is 22.9 Å². The van der Waals surface area contributed by atoms with E-state index >= 15 is 0 Å². The van der Waals surface area contributed by atoms with Gasteiger partial charge in [-0.1, -0.05) is 18.1 Å². The minimum absolute atomic E-state index is 0.198. The normalized spacial score (nSPS) is 10.1. The summed E-state index contributed by atoms with van der Waals surface area (Å²) in [6, 6.07) is 12.8. The average Bonchev–Trinajstić information content (AvgIpc) is 2.98. The van der Waals surface area contributed by atoms with Crippen LogP contribution < -0.4 is 5.32 Å². The fourth-order valence-corrected chi connectivity index (χ4v) is 3.02. The number of nitrogens with zero attached hydrogens (tertiary/aromatic N) is 2. The van der Waals surface area contributed by atoms with Crippen LogP contribution in [-0.4, -0.2) is 15.9 Å². The molecule has 0 unspecified atom stereocenters. The molecule has 0 bridgehead atoms. The third-order valence-electron chi connectivity index (χ3n) is 3.17. The number of anilines is 1. The van der Waals surface area contributed by atoms with Crippen LogP contribution in [0.15, 0.2) is 48.7 Å². The van der Waals surface area contributed by atoms with Crippen molar-refractivity contribution < 1.29 is 4.79 Å². The summed E-state index contributed by atoms with van der Waals surface area (Å²) in [5.74, 6) is 2.35.